The maximum absolute atomic E-state index is 13.7. The summed E-state index contributed by atoms with van der Waals surface area (Å²) in [7, 11) is 0. The second kappa shape index (κ2) is 7.68. The minimum atomic E-state index is -0.622. The van der Waals surface area contributed by atoms with Crippen LogP contribution in [0, 0.1) is 19.7 Å². The van der Waals surface area contributed by atoms with Crippen molar-refractivity contribution in [3.05, 3.63) is 59.3 Å². The number of hydrogen-bond donors (Lipinski definition) is 3. The molecule has 134 valence electrons. The summed E-state index contributed by atoms with van der Waals surface area (Å²) in [5, 5.41) is 12.3. The fourth-order valence-corrected chi connectivity index (χ4v) is 2.30. The Morgan fingerprint density at radius 1 is 1.27 bits per heavy atom. The van der Waals surface area contributed by atoms with Gasteiger partial charge in [-0.3, -0.25) is 14.9 Å². The number of nitrogens with zero attached hydrogens (tertiary/aromatic N) is 4. The number of H-pyrrole nitrogens is 1. The van der Waals surface area contributed by atoms with E-state index in [1.54, 1.807) is 13.1 Å². The van der Waals surface area contributed by atoms with Crippen LogP contribution in [0.15, 0.2) is 30.9 Å². The molecule has 0 saturated carbocycles. The molecule has 9 heteroatoms. The molecule has 1 amide bonds. The zero-order valence-electron chi connectivity index (χ0n) is 14.4. The molecule has 0 radical (unpaired) electrons. The summed E-state index contributed by atoms with van der Waals surface area (Å²) < 4.78 is 13.7. The highest BCUT2D eigenvalue weighted by atomic mass is 19.1. The van der Waals surface area contributed by atoms with Crippen molar-refractivity contribution in [1.82, 2.24) is 25.1 Å². The molecule has 0 aliphatic rings. The van der Waals surface area contributed by atoms with E-state index in [9.17, 15) is 9.18 Å². The average Bonchev–Trinajstić information content (AvgIpc) is 3.14. The van der Waals surface area contributed by atoms with E-state index in [-0.39, 0.29) is 11.5 Å². The number of rotatable bonds is 6. The normalized spacial score (nSPS) is 10.6. The van der Waals surface area contributed by atoms with E-state index >= 15 is 0 Å². The second-order valence-corrected chi connectivity index (χ2v) is 5.70. The molecule has 0 unspecified atom stereocenters. The molecule has 3 aromatic rings. The summed E-state index contributed by atoms with van der Waals surface area (Å²) in [5.74, 6) is -0.671. The van der Waals surface area contributed by atoms with Crippen LogP contribution in [0.25, 0.3) is 0 Å². The number of carbonyl (C=O) groups is 1. The Bertz CT molecular complexity index is 911. The van der Waals surface area contributed by atoms with Crippen LogP contribution in [0.5, 0.6) is 0 Å². The Kier molecular flexibility index (Phi) is 5.16. The third kappa shape index (κ3) is 4.00. The summed E-state index contributed by atoms with van der Waals surface area (Å²) in [5.41, 5.74) is 2.61. The standard InChI is InChI=1S/C17H18FN7O/c1-10-11(2)23-16(17(26)24-14-4-5-19-9-13(14)18)25-15(10)20-6-3-12-7-21-22-8-12/h4-5,7-9H,3,6H2,1-2H3,(H,21,22)(H,19,24,26)(H,20,23,25). The van der Waals surface area contributed by atoms with Gasteiger partial charge in [0.15, 0.2) is 5.82 Å². The molecule has 0 aromatic carbocycles. The van der Waals surface area contributed by atoms with Gasteiger partial charge in [0.05, 0.1) is 18.1 Å². The van der Waals surface area contributed by atoms with Gasteiger partial charge in [-0.25, -0.2) is 14.4 Å². The van der Waals surface area contributed by atoms with Gasteiger partial charge in [0.1, 0.15) is 5.82 Å². The molecule has 0 aliphatic carbocycles. The number of pyridine rings is 1. The van der Waals surface area contributed by atoms with E-state index in [0.29, 0.717) is 18.1 Å². The molecule has 3 N–H and O–H groups in total. The topological polar surface area (TPSA) is 108 Å². The predicted molar refractivity (Wildman–Crippen MR) is 94.4 cm³/mol. The third-order valence-electron chi connectivity index (χ3n) is 3.87. The van der Waals surface area contributed by atoms with Crippen LogP contribution in [0.2, 0.25) is 0 Å². The van der Waals surface area contributed by atoms with Gasteiger partial charge in [0, 0.05) is 30.2 Å². The SMILES string of the molecule is Cc1nc(C(=O)Nc2ccncc2F)nc(NCCc2cn[nH]c2)c1C. The van der Waals surface area contributed by atoms with Crippen molar-refractivity contribution in [3.8, 4) is 0 Å². The zero-order valence-corrected chi connectivity index (χ0v) is 14.4. The molecule has 0 aliphatic heterocycles. The number of hydrogen-bond acceptors (Lipinski definition) is 6. The lowest BCUT2D eigenvalue weighted by Gasteiger charge is -2.12. The number of nitrogens with one attached hydrogen (secondary N) is 3. The third-order valence-corrected chi connectivity index (χ3v) is 3.87. The van der Waals surface area contributed by atoms with Gasteiger partial charge in [0.2, 0.25) is 5.82 Å². The summed E-state index contributed by atoms with van der Waals surface area (Å²) in [6, 6.07) is 1.37. The molecule has 0 bridgehead atoms. The minimum Gasteiger partial charge on any atom is -0.369 e. The number of aromatic amines is 1. The van der Waals surface area contributed by atoms with Crippen molar-refractivity contribution in [3.63, 3.8) is 0 Å². The van der Waals surface area contributed by atoms with Crippen molar-refractivity contribution in [1.29, 1.82) is 0 Å². The number of halogens is 1. The quantitative estimate of drug-likeness (QED) is 0.626. The molecule has 26 heavy (non-hydrogen) atoms. The maximum atomic E-state index is 13.7. The highest BCUT2D eigenvalue weighted by Crippen LogP contribution is 2.17. The summed E-state index contributed by atoms with van der Waals surface area (Å²) >= 11 is 0. The van der Waals surface area contributed by atoms with E-state index in [1.807, 2.05) is 13.1 Å². The number of anilines is 2. The van der Waals surface area contributed by atoms with Crippen LogP contribution in [0.3, 0.4) is 0 Å². The van der Waals surface area contributed by atoms with Gasteiger partial charge in [-0.2, -0.15) is 5.10 Å². The number of amides is 1. The number of aryl methyl sites for hydroxylation is 1. The second-order valence-electron chi connectivity index (χ2n) is 5.70. The highest BCUT2D eigenvalue weighted by Gasteiger charge is 2.16. The van der Waals surface area contributed by atoms with Gasteiger partial charge in [0.25, 0.3) is 5.91 Å². The van der Waals surface area contributed by atoms with E-state index in [4.69, 9.17) is 0 Å². The Balaban J connectivity index is 1.74. The largest absolute Gasteiger partial charge is 0.369 e. The Morgan fingerprint density at radius 3 is 2.85 bits per heavy atom. The van der Waals surface area contributed by atoms with Crippen molar-refractivity contribution >= 4 is 17.4 Å². The highest BCUT2D eigenvalue weighted by molar-refractivity contribution is 6.01. The van der Waals surface area contributed by atoms with Gasteiger partial charge in [-0.05, 0) is 31.9 Å². The van der Waals surface area contributed by atoms with Crippen LogP contribution in [-0.2, 0) is 6.42 Å². The van der Waals surface area contributed by atoms with E-state index < -0.39 is 11.7 Å². The lowest BCUT2D eigenvalue weighted by Crippen LogP contribution is -2.19. The van der Waals surface area contributed by atoms with Crippen molar-refractivity contribution in [2.24, 2.45) is 0 Å². The zero-order chi connectivity index (χ0) is 18.5. The molecule has 3 aromatic heterocycles. The molecule has 0 spiro atoms. The first-order chi connectivity index (χ1) is 12.5. The Labute approximate surface area is 149 Å². The van der Waals surface area contributed by atoms with Crippen LogP contribution in [-0.4, -0.2) is 37.6 Å². The first kappa shape index (κ1) is 17.5. The Hall–Kier alpha value is -3.36. The number of aromatic nitrogens is 5. The molecular formula is C17H18FN7O. The van der Waals surface area contributed by atoms with Gasteiger partial charge in [-0.1, -0.05) is 0 Å². The van der Waals surface area contributed by atoms with E-state index in [1.165, 1.54) is 12.3 Å². The monoisotopic (exact) mass is 355 g/mol. The fourth-order valence-electron chi connectivity index (χ4n) is 2.30. The van der Waals surface area contributed by atoms with E-state index in [0.717, 1.165) is 23.7 Å². The smallest absolute Gasteiger partial charge is 0.293 e. The predicted octanol–water partition coefficient (Wildman–Crippen LogP) is 2.26. The van der Waals surface area contributed by atoms with Gasteiger partial charge < -0.3 is 10.6 Å². The van der Waals surface area contributed by atoms with Crippen LogP contribution < -0.4 is 10.6 Å². The van der Waals surface area contributed by atoms with Gasteiger partial charge in [-0.15, -0.1) is 0 Å². The molecule has 0 atom stereocenters. The molecule has 3 rings (SSSR count). The lowest BCUT2D eigenvalue weighted by molar-refractivity contribution is 0.101. The van der Waals surface area contributed by atoms with Crippen LogP contribution in [0.1, 0.15) is 27.4 Å². The molecule has 0 fully saturated rings. The first-order valence-corrected chi connectivity index (χ1v) is 8.02. The average molecular weight is 355 g/mol. The molecule has 0 saturated heterocycles. The van der Waals surface area contributed by atoms with E-state index in [2.05, 4.69) is 35.8 Å². The van der Waals surface area contributed by atoms with Crippen molar-refractivity contribution in [2.45, 2.75) is 20.3 Å². The maximum Gasteiger partial charge on any atom is 0.293 e. The Morgan fingerprint density at radius 2 is 2.12 bits per heavy atom. The summed E-state index contributed by atoms with van der Waals surface area (Å²) in [4.78, 5) is 24.5. The lowest BCUT2D eigenvalue weighted by atomic mass is 10.2. The first-order valence-electron chi connectivity index (χ1n) is 8.02. The molecule has 3 heterocycles. The van der Waals surface area contributed by atoms with Crippen molar-refractivity contribution in [2.75, 3.05) is 17.2 Å². The summed E-state index contributed by atoms with van der Waals surface area (Å²) in [6.07, 6.45) is 6.75. The number of carbonyl (C=O) groups excluding carboxylic acids is 1. The fraction of sp³-hybridized carbons (Fsp3) is 0.235. The molecular weight excluding hydrogens is 337 g/mol. The minimum absolute atomic E-state index is 0.0290. The summed E-state index contributed by atoms with van der Waals surface area (Å²) in [6.45, 7) is 4.29. The van der Waals surface area contributed by atoms with Crippen LogP contribution >= 0.6 is 0 Å². The van der Waals surface area contributed by atoms with Gasteiger partial charge >= 0.3 is 0 Å². The van der Waals surface area contributed by atoms with Crippen LogP contribution in [0.4, 0.5) is 15.9 Å². The molecule has 8 nitrogen and oxygen atoms in total. The van der Waals surface area contributed by atoms with Crippen molar-refractivity contribution < 1.29 is 9.18 Å².